The summed E-state index contributed by atoms with van der Waals surface area (Å²) in [7, 11) is -3.85. The van der Waals surface area contributed by atoms with Crippen LogP contribution in [0.5, 0.6) is 0 Å². The predicted molar refractivity (Wildman–Crippen MR) is 76.4 cm³/mol. The maximum Gasteiger partial charge on any atom is 0.267 e. The molecule has 1 fully saturated rings. The highest BCUT2D eigenvalue weighted by molar-refractivity contribution is 9.10. The number of amides is 1. The molecule has 1 aromatic rings. The second kappa shape index (κ2) is 5.42. The minimum Gasteiger partial charge on any atom is -0.274 e. The van der Waals surface area contributed by atoms with Gasteiger partial charge in [0.05, 0.1) is 5.02 Å². The van der Waals surface area contributed by atoms with Crippen LogP contribution in [-0.4, -0.2) is 25.2 Å². The number of nitrogens with zero attached hydrogens (tertiary/aromatic N) is 1. The Balaban J connectivity index is 2.40. The Bertz CT molecular complexity index is 617. The van der Waals surface area contributed by atoms with Gasteiger partial charge in [-0.15, -0.1) is 0 Å². The zero-order chi connectivity index (χ0) is 14.2. The standard InChI is InChI=1S/C12H13BrClNO3S/c1-2-8-5-12(16)15(7-8)19(17,18)11-4-3-9(13)6-10(11)14/h3-4,6,8H,2,5,7H2,1H3. The van der Waals surface area contributed by atoms with Crippen molar-refractivity contribution in [1.82, 2.24) is 4.31 Å². The molecule has 1 atom stereocenters. The summed E-state index contributed by atoms with van der Waals surface area (Å²) in [5.74, 6) is -0.262. The Morgan fingerprint density at radius 2 is 2.16 bits per heavy atom. The minimum atomic E-state index is -3.85. The summed E-state index contributed by atoms with van der Waals surface area (Å²) in [5.41, 5.74) is 0. The first-order valence-corrected chi connectivity index (χ1v) is 8.48. The maximum absolute atomic E-state index is 12.4. The van der Waals surface area contributed by atoms with Gasteiger partial charge < -0.3 is 0 Å². The Morgan fingerprint density at radius 3 is 2.68 bits per heavy atom. The molecular formula is C12H13BrClNO3S. The molecule has 1 aliphatic heterocycles. The highest BCUT2D eigenvalue weighted by atomic mass is 79.9. The van der Waals surface area contributed by atoms with Gasteiger partial charge in [-0.25, -0.2) is 12.7 Å². The van der Waals surface area contributed by atoms with Gasteiger partial charge in [0.2, 0.25) is 5.91 Å². The average Bonchev–Trinajstić information content (AvgIpc) is 2.70. The van der Waals surface area contributed by atoms with Crippen molar-refractivity contribution in [2.75, 3.05) is 6.54 Å². The van der Waals surface area contributed by atoms with E-state index in [1.165, 1.54) is 12.1 Å². The molecule has 0 N–H and O–H groups in total. The van der Waals surface area contributed by atoms with Gasteiger partial charge in [-0.05, 0) is 24.1 Å². The SMILES string of the molecule is CCC1CC(=O)N(S(=O)(=O)c2ccc(Br)cc2Cl)C1. The zero-order valence-corrected chi connectivity index (χ0v) is 13.4. The van der Waals surface area contributed by atoms with Gasteiger partial charge in [-0.2, -0.15) is 0 Å². The first-order chi connectivity index (χ1) is 8.86. The summed E-state index contributed by atoms with van der Waals surface area (Å²) in [6.45, 7) is 2.19. The van der Waals surface area contributed by atoms with Gasteiger partial charge in [0.25, 0.3) is 10.0 Å². The zero-order valence-electron chi connectivity index (χ0n) is 10.3. The number of carbonyl (C=O) groups is 1. The minimum absolute atomic E-state index is 0.0255. The second-order valence-corrected chi connectivity index (χ2v) is 7.64. The van der Waals surface area contributed by atoms with Crippen LogP contribution in [0.3, 0.4) is 0 Å². The summed E-state index contributed by atoms with van der Waals surface area (Å²) in [6.07, 6.45) is 1.07. The number of sulfonamides is 1. The summed E-state index contributed by atoms with van der Waals surface area (Å²) >= 11 is 9.18. The van der Waals surface area contributed by atoms with Crippen LogP contribution in [0.25, 0.3) is 0 Å². The summed E-state index contributed by atoms with van der Waals surface area (Å²) in [4.78, 5) is 11.8. The van der Waals surface area contributed by atoms with Crippen molar-refractivity contribution in [3.8, 4) is 0 Å². The number of hydrogen-bond acceptors (Lipinski definition) is 3. The summed E-state index contributed by atoms with van der Waals surface area (Å²) < 4.78 is 26.5. The number of rotatable bonds is 3. The Morgan fingerprint density at radius 1 is 1.47 bits per heavy atom. The van der Waals surface area contributed by atoms with Gasteiger partial charge in [0.15, 0.2) is 0 Å². The fourth-order valence-corrected chi connectivity index (χ4v) is 4.56. The van der Waals surface area contributed by atoms with Crippen molar-refractivity contribution in [3.05, 3.63) is 27.7 Å². The number of hydrogen-bond donors (Lipinski definition) is 0. The first-order valence-electron chi connectivity index (χ1n) is 5.87. The molecule has 0 radical (unpaired) electrons. The summed E-state index contributed by atoms with van der Waals surface area (Å²) in [5, 5.41) is 0.113. The molecule has 104 valence electrons. The molecule has 1 aromatic carbocycles. The van der Waals surface area contributed by atoms with Gasteiger partial charge in [-0.1, -0.05) is 40.9 Å². The second-order valence-electron chi connectivity index (χ2n) is 4.48. The largest absolute Gasteiger partial charge is 0.274 e. The van der Waals surface area contributed by atoms with Crippen molar-refractivity contribution in [2.45, 2.75) is 24.7 Å². The average molecular weight is 367 g/mol. The summed E-state index contributed by atoms with van der Waals surface area (Å²) in [6, 6.07) is 4.51. The molecule has 1 aliphatic rings. The lowest BCUT2D eigenvalue weighted by molar-refractivity contribution is -0.123. The molecule has 1 heterocycles. The van der Waals surface area contributed by atoms with Crippen LogP contribution in [0.4, 0.5) is 0 Å². The first kappa shape index (κ1) is 14.8. The number of carbonyl (C=O) groups excluding carboxylic acids is 1. The van der Waals surface area contributed by atoms with Crippen molar-refractivity contribution in [3.63, 3.8) is 0 Å². The van der Waals surface area contributed by atoms with Crippen molar-refractivity contribution in [2.24, 2.45) is 5.92 Å². The van der Waals surface area contributed by atoms with E-state index in [1.54, 1.807) is 6.07 Å². The fourth-order valence-electron chi connectivity index (χ4n) is 2.06. The Labute approximate surface area is 125 Å². The van der Waals surface area contributed by atoms with E-state index in [9.17, 15) is 13.2 Å². The molecule has 1 amide bonds. The third kappa shape index (κ3) is 2.80. The van der Waals surface area contributed by atoms with Crippen LogP contribution in [-0.2, 0) is 14.8 Å². The fraction of sp³-hybridized carbons (Fsp3) is 0.417. The highest BCUT2D eigenvalue weighted by Gasteiger charge is 2.38. The lowest BCUT2D eigenvalue weighted by Gasteiger charge is -2.17. The van der Waals surface area contributed by atoms with E-state index in [1.807, 2.05) is 6.92 Å². The topological polar surface area (TPSA) is 54.5 Å². The predicted octanol–water partition coefficient (Wildman–Crippen LogP) is 3.05. The molecule has 0 aliphatic carbocycles. The van der Waals surface area contributed by atoms with Crippen LogP contribution in [0, 0.1) is 5.92 Å². The molecule has 1 saturated heterocycles. The molecule has 0 aromatic heterocycles. The van der Waals surface area contributed by atoms with E-state index in [0.717, 1.165) is 10.7 Å². The molecule has 0 spiro atoms. The molecule has 0 bridgehead atoms. The van der Waals surface area contributed by atoms with Gasteiger partial charge >= 0.3 is 0 Å². The highest BCUT2D eigenvalue weighted by Crippen LogP contribution is 2.31. The van der Waals surface area contributed by atoms with Gasteiger partial charge in [0.1, 0.15) is 4.90 Å². The molecule has 0 saturated carbocycles. The van der Waals surface area contributed by atoms with Gasteiger partial charge in [0, 0.05) is 17.4 Å². The normalized spacial score (nSPS) is 20.1. The van der Waals surface area contributed by atoms with Crippen LogP contribution in [0.1, 0.15) is 19.8 Å². The Kier molecular flexibility index (Phi) is 4.23. The van der Waals surface area contributed by atoms with Crippen molar-refractivity contribution < 1.29 is 13.2 Å². The van der Waals surface area contributed by atoms with Crippen LogP contribution in [0.2, 0.25) is 5.02 Å². The van der Waals surface area contributed by atoms with Crippen LogP contribution < -0.4 is 0 Å². The molecule has 19 heavy (non-hydrogen) atoms. The van der Waals surface area contributed by atoms with E-state index in [4.69, 9.17) is 11.6 Å². The Hall–Kier alpha value is -0.590. The van der Waals surface area contributed by atoms with Crippen LogP contribution in [0.15, 0.2) is 27.6 Å². The molecule has 4 nitrogen and oxygen atoms in total. The van der Waals surface area contributed by atoms with E-state index >= 15 is 0 Å². The molecule has 7 heteroatoms. The van der Waals surface area contributed by atoms with E-state index in [0.29, 0.717) is 4.47 Å². The third-order valence-corrected chi connectivity index (χ3v) is 5.97. The van der Waals surface area contributed by atoms with E-state index in [2.05, 4.69) is 15.9 Å². The lowest BCUT2D eigenvalue weighted by Crippen LogP contribution is -2.32. The number of halogens is 2. The number of benzene rings is 1. The maximum atomic E-state index is 12.4. The van der Waals surface area contributed by atoms with E-state index < -0.39 is 10.0 Å². The lowest BCUT2D eigenvalue weighted by atomic mass is 10.1. The smallest absolute Gasteiger partial charge is 0.267 e. The van der Waals surface area contributed by atoms with E-state index in [-0.39, 0.29) is 34.7 Å². The molecular weight excluding hydrogens is 354 g/mol. The van der Waals surface area contributed by atoms with Crippen molar-refractivity contribution in [1.29, 1.82) is 0 Å². The quantitative estimate of drug-likeness (QED) is 0.826. The van der Waals surface area contributed by atoms with Crippen LogP contribution >= 0.6 is 27.5 Å². The monoisotopic (exact) mass is 365 g/mol. The van der Waals surface area contributed by atoms with Crippen molar-refractivity contribution >= 4 is 43.5 Å². The van der Waals surface area contributed by atoms with Gasteiger partial charge in [-0.3, -0.25) is 4.79 Å². The third-order valence-electron chi connectivity index (χ3n) is 3.20. The molecule has 2 rings (SSSR count). The molecule has 1 unspecified atom stereocenters.